The van der Waals surface area contributed by atoms with E-state index in [2.05, 4.69) is 0 Å². The molecule has 90 valence electrons. The number of nitrogens with zero attached hydrogens (tertiary/aromatic N) is 1. The molecule has 2 atom stereocenters. The van der Waals surface area contributed by atoms with E-state index < -0.39 is 12.2 Å². The number of carbonyl (C=O) groups is 2. The van der Waals surface area contributed by atoms with Gasteiger partial charge in [0.25, 0.3) is 0 Å². The van der Waals surface area contributed by atoms with E-state index in [0.29, 0.717) is 12.1 Å². The minimum atomic E-state index is -1.02. The zero-order valence-corrected chi connectivity index (χ0v) is 9.33. The Bertz CT molecular complexity index is 454. The average molecular weight is 235 g/mol. The van der Waals surface area contributed by atoms with Crippen molar-refractivity contribution in [1.82, 2.24) is 0 Å². The van der Waals surface area contributed by atoms with E-state index in [1.807, 2.05) is 0 Å². The van der Waals surface area contributed by atoms with Gasteiger partial charge in [0, 0.05) is 18.0 Å². The number of rotatable bonds is 2. The number of anilines is 1. The molecular formula is C12H13NO4. The summed E-state index contributed by atoms with van der Waals surface area (Å²) < 4.78 is 0. The first-order chi connectivity index (χ1) is 8.00. The standard InChI is InChI=1S/C12H13NO4/c1-7-6-10(14)13(11(7)15)9-4-2-8(3-5-9)12(16)17/h2-5,7,10,14H,6H2,1H3,(H,16,17). The van der Waals surface area contributed by atoms with Crippen molar-refractivity contribution in [2.75, 3.05) is 4.90 Å². The second-order valence-corrected chi connectivity index (χ2v) is 4.18. The van der Waals surface area contributed by atoms with Crippen LogP contribution in [0.3, 0.4) is 0 Å². The van der Waals surface area contributed by atoms with Gasteiger partial charge in [-0.2, -0.15) is 0 Å². The van der Waals surface area contributed by atoms with Gasteiger partial charge in [-0.05, 0) is 24.3 Å². The van der Waals surface area contributed by atoms with Crippen LogP contribution < -0.4 is 4.90 Å². The molecule has 1 amide bonds. The monoisotopic (exact) mass is 235 g/mol. The fraction of sp³-hybridized carbons (Fsp3) is 0.333. The highest BCUT2D eigenvalue weighted by molar-refractivity contribution is 5.98. The summed E-state index contributed by atoms with van der Waals surface area (Å²) >= 11 is 0. The Labute approximate surface area is 98.3 Å². The van der Waals surface area contributed by atoms with E-state index in [1.54, 1.807) is 6.92 Å². The number of carbonyl (C=O) groups excluding carboxylic acids is 1. The molecule has 0 spiro atoms. The molecule has 5 nitrogen and oxygen atoms in total. The molecule has 1 aliphatic heterocycles. The van der Waals surface area contributed by atoms with Gasteiger partial charge in [0.1, 0.15) is 6.23 Å². The van der Waals surface area contributed by atoms with Crippen LogP contribution in [0.5, 0.6) is 0 Å². The molecule has 2 unspecified atom stereocenters. The van der Waals surface area contributed by atoms with E-state index in [-0.39, 0.29) is 17.4 Å². The van der Waals surface area contributed by atoms with Gasteiger partial charge >= 0.3 is 5.97 Å². The van der Waals surface area contributed by atoms with Gasteiger partial charge in [0.15, 0.2) is 0 Å². The Balaban J connectivity index is 2.28. The summed E-state index contributed by atoms with van der Waals surface area (Å²) in [7, 11) is 0. The number of aromatic carboxylic acids is 1. The summed E-state index contributed by atoms with van der Waals surface area (Å²) in [5.74, 6) is -1.36. The molecule has 1 saturated heterocycles. The second-order valence-electron chi connectivity index (χ2n) is 4.18. The van der Waals surface area contributed by atoms with Crippen molar-refractivity contribution in [2.45, 2.75) is 19.6 Å². The maximum Gasteiger partial charge on any atom is 0.335 e. The Kier molecular flexibility index (Phi) is 2.85. The van der Waals surface area contributed by atoms with Crippen LogP contribution in [0.15, 0.2) is 24.3 Å². The van der Waals surface area contributed by atoms with E-state index in [0.717, 1.165) is 0 Å². The summed E-state index contributed by atoms with van der Waals surface area (Å²) in [6.07, 6.45) is -0.423. The van der Waals surface area contributed by atoms with Gasteiger partial charge in [-0.3, -0.25) is 9.69 Å². The van der Waals surface area contributed by atoms with Crippen LogP contribution >= 0.6 is 0 Å². The molecule has 1 fully saturated rings. The largest absolute Gasteiger partial charge is 0.478 e. The molecule has 5 heteroatoms. The van der Waals surface area contributed by atoms with Crippen LogP contribution in [0.2, 0.25) is 0 Å². The predicted molar refractivity (Wildman–Crippen MR) is 60.7 cm³/mol. The molecule has 0 radical (unpaired) electrons. The molecule has 2 rings (SSSR count). The fourth-order valence-corrected chi connectivity index (χ4v) is 1.97. The summed E-state index contributed by atoms with van der Waals surface area (Å²) in [5, 5.41) is 18.5. The van der Waals surface area contributed by atoms with Gasteiger partial charge < -0.3 is 10.2 Å². The van der Waals surface area contributed by atoms with Crippen molar-refractivity contribution >= 4 is 17.6 Å². The van der Waals surface area contributed by atoms with Crippen LogP contribution in [0.1, 0.15) is 23.7 Å². The van der Waals surface area contributed by atoms with Crippen LogP contribution in [0, 0.1) is 5.92 Å². The molecule has 17 heavy (non-hydrogen) atoms. The highest BCUT2D eigenvalue weighted by Crippen LogP contribution is 2.28. The van der Waals surface area contributed by atoms with Gasteiger partial charge in [-0.1, -0.05) is 6.92 Å². The number of benzene rings is 1. The molecule has 0 saturated carbocycles. The quantitative estimate of drug-likeness (QED) is 0.804. The van der Waals surface area contributed by atoms with Crippen molar-refractivity contribution < 1.29 is 19.8 Å². The third-order valence-electron chi connectivity index (χ3n) is 2.91. The summed E-state index contributed by atoms with van der Waals surface area (Å²) in [6.45, 7) is 1.76. The van der Waals surface area contributed by atoms with E-state index in [4.69, 9.17) is 5.11 Å². The fourth-order valence-electron chi connectivity index (χ4n) is 1.97. The zero-order valence-electron chi connectivity index (χ0n) is 9.33. The first-order valence-electron chi connectivity index (χ1n) is 5.35. The molecule has 2 N–H and O–H groups in total. The maximum absolute atomic E-state index is 11.8. The highest BCUT2D eigenvalue weighted by atomic mass is 16.4. The molecule has 0 bridgehead atoms. The predicted octanol–water partition coefficient (Wildman–Crippen LogP) is 1.08. The molecule has 0 aromatic heterocycles. The van der Waals surface area contributed by atoms with Crippen LogP contribution in [0.25, 0.3) is 0 Å². The number of aliphatic hydroxyl groups is 1. The zero-order chi connectivity index (χ0) is 12.6. The third-order valence-corrected chi connectivity index (χ3v) is 2.91. The topological polar surface area (TPSA) is 77.8 Å². The van der Waals surface area contributed by atoms with Crippen molar-refractivity contribution in [3.63, 3.8) is 0 Å². The molecule has 1 aromatic rings. The molecule has 1 heterocycles. The maximum atomic E-state index is 11.8. The Morgan fingerprint density at radius 2 is 1.94 bits per heavy atom. The smallest absolute Gasteiger partial charge is 0.335 e. The highest BCUT2D eigenvalue weighted by Gasteiger charge is 2.36. The van der Waals surface area contributed by atoms with E-state index in [1.165, 1.54) is 29.2 Å². The number of amides is 1. The normalized spacial score (nSPS) is 24.1. The van der Waals surface area contributed by atoms with E-state index >= 15 is 0 Å². The van der Waals surface area contributed by atoms with Gasteiger partial charge in [0.05, 0.1) is 5.56 Å². The summed E-state index contributed by atoms with van der Waals surface area (Å²) in [4.78, 5) is 23.8. The first kappa shape index (κ1) is 11.6. The van der Waals surface area contributed by atoms with E-state index in [9.17, 15) is 14.7 Å². The van der Waals surface area contributed by atoms with Gasteiger partial charge in [0.2, 0.25) is 5.91 Å². The van der Waals surface area contributed by atoms with Crippen LogP contribution in [-0.2, 0) is 4.79 Å². The minimum Gasteiger partial charge on any atom is -0.478 e. The first-order valence-corrected chi connectivity index (χ1v) is 5.35. The average Bonchev–Trinajstić information content (AvgIpc) is 2.53. The number of carboxylic acids is 1. The molecule has 1 aromatic carbocycles. The Morgan fingerprint density at radius 3 is 2.35 bits per heavy atom. The number of aliphatic hydroxyl groups excluding tert-OH is 1. The van der Waals surface area contributed by atoms with Gasteiger partial charge in [-0.25, -0.2) is 4.79 Å². The van der Waals surface area contributed by atoms with Gasteiger partial charge in [-0.15, -0.1) is 0 Å². The lowest BCUT2D eigenvalue weighted by molar-refractivity contribution is -0.120. The molecule has 0 aliphatic carbocycles. The summed E-state index contributed by atoms with van der Waals surface area (Å²) in [6, 6.07) is 5.90. The second kappa shape index (κ2) is 4.18. The SMILES string of the molecule is CC1CC(O)N(c2ccc(C(=O)O)cc2)C1=O. The third kappa shape index (κ3) is 2.01. The van der Waals surface area contributed by atoms with Crippen LogP contribution in [0.4, 0.5) is 5.69 Å². The lowest BCUT2D eigenvalue weighted by Gasteiger charge is -2.20. The molecular weight excluding hydrogens is 222 g/mol. The summed E-state index contributed by atoms with van der Waals surface area (Å²) in [5.41, 5.74) is 0.680. The molecule has 1 aliphatic rings. The Morgan fingerprint density at radius 1 is 1.35 bits per heavy atom. The van der Waals surface area contributed by atoms with Crippen molar-refractivity contribution in [3.8, 4) is 0 Å². The Hall–Kier alpha value is -1.88. The number of hydrogen-bond donors (Lipinski definition) is 2. The van der Waals surface area contributed by atoms with Crippen molar-refractivity contribution in [3.05, 3.63) is 29.8 Å². The number of carboxylic acid groups (broad SMARTS) is 1. The van der Waals surface area contributed by atoms with Crippen molar-refractivity contribution in [1.29, 1.82) is 0 Å². The van der Waals surface area contributed by atoms with Crippen molar-refractivity contribution in [2.24, 2.45) is 5.92 Å². The lowest BCUT2D eigenvalue weighted by atomic mass is 10.1. The number of hydrogen-bond acceptors (Lipinski definition) is 3. The minimum absolute atomic E-state index is 0.138. The lowest BCUT2D eigenvalue weighted by Crippen LogP contribution is -2.33. The van der Waals surface area contributed by atoms with Crippen LogP contribution in [-0.4, -0.2) is 28.3 Å².